The molecule has 2 rings (SSSR count). The van der Waals surface area contributed by atoms with Crippen LogP contribution in [0.2, 0.25) is 5.02 Å². The Labute approximate surface area is 103 Å². The first-order valence-corrected chi connectivity index (χ1v) is 5.23. The molecule has 0 aliphatic carbocycles. The number of phenols is 2. The Bertz CT molecular complexity index is 533. The van der Waals surface area contributed by atoms with Crippen LogP contribution in [0.1, 0.15) is 0 Å². The standard InChI is InChI=1S/C12H9ClN2O2/c13-8-4-6-9(7-5-8)14-15-12-10(16)2-1-3-11(12)17/h1-7,16-17H. The van der Waals surface area contributed by atoms with E-state index in [9.17, 15) is 10.2 Å². The minimum Gasteiger partial charge on any atom is -0.505 e. The van der Waals surface area contributed by atoms with Gasteiger partial charge in [0.05, 0.1) is 5.69 Å². The van der Waals surface area contributed by atoms with Crippen LogP contribution in [0.3, 0.4) is 0 Å². The van der Waals surface area contributed by atoms with E-state index in [-0.39, 0.29) is 17.2 Å². The highest BCUT2D eigenvalue weighted by Gasteiger charge is 2.04. The molecule has 0 atom stereocenters. The molecule has 0 aliphatic heterocycles. The molecule has 86 valence electrons. The molecule has 0 unspecified atom stereocenters. The summed E-state index contributed by atoms with van der Waals surface area (Å²) in [5.41, 5.74) is 0.625. The molecule has 17 heavy (non-hydrogen) atoms. The molecule has 0 radical (unpaired) electrons. The highest BCUT2D eigenvalue weighted by molar-refractivity contribution is 6.30. The van der Waals surface area contributed by atoms with E-state index in [0.29, 0.717) is 10.7 Å². The maximum Gasteiger partial charge on any atom is 0.169 e. The van der Waals surface area contributed by atoms with Crippen molar-refractivity contribution in [1.82, 2.24) is 0 Å². The molecule has 2 aromatic rings. The lowest BCUT2D eigenvalue weighted by molar-refractivity contribution is 0.452. The first-order chi connectivity index (χ1) is 8.16. The van der Waals surface area contributed by atoms with Crippen molar-refractivity contribution >= 4 is 23.0 Å². The first kappa shape index (κ1) is 11.4. The summed E-state index contributed by atoms with van der Waals surface area (Å²) in [7, 11) is 0. The fourth-order valence-electron chi connectivity index (χ4n) is 1.24. The van der Waals surface area contributed by atoms with Crippen molar-refractivity contribution in [1.29, 1.82) is 0 Å². The highest BCUT2D eigenvalue weighted by atomic mass is 35.5. The molecule has 0 saturated heterocycles. The third-order valence-corrected chi connectivity index (χ3v) is 2.34. The summed E-state index contributed by atoms with van der Waals surface area (Å²) in [6, 6.07) is 11.1. The predicted octanol–water partition coefficient (Wildman–Crippen LogP) is 4.17. The molecule has 5 heteroatoms. The maximum atomic E-state index is 9.48. The van der Waals surface area contributed by atoms with Gasteiger partial charge in [0.2, 0.25) is 0 Å². The van der Waals surface area contributed by atoms with Crippen LogP contribution in [0.4, 0.5) is 11.4 Å². The van der Waals surface area contributed by atoms with Gasteiger partial charge in [-0.2, -0.15) is 5.11 Å². The number of nitrogens with zero attached hydrogens (tertiary/aromatic N) is 2. The number of aromatic hydroxyl groups is 2. The molecule has 2 N–H and O–H groups in total. The number of hydrogen-bond donors (Lipinski definition) is 2. The minimum absolute atomic E-state index is 0.0439. The lowest BCUT2D eigenvalue weighted by Gasteiger charge is -1.99. The number of hydrogen-bond acceptors (Lipinski definition) is 4. The molecule has 0 amide bonds. The zero-order chi connectivity index (χ0) is 12.3. The van der Waals surface area contributed by atoms with Gasteiger partial charge in [-0.05, 0) is 36.4 Å². The fraction of sp³-hybridized carbons (Fsp3) is 0. The SMILES string of the molecule is Oc1cccc(O)c1N=Nc1ccc(Cl)cc1. The zero-order valence-electron chi connectivity index (χ0n) is 8.71. The van der Waals surface area contributed by atoms with Gasteiger partial charge >= 0.3 is 0 Å². The van der Waals surface area contributed by atoms with Crippen LogP contribution in [0.15, 0.2) is 52.7 Å². The second-order valence-electron chi connectivity index (χ2n) is 3.32. The molecule has 0 heterocycles. The van der Waals surface area contributed by atoms with Gasteiger partial charge in [0.25, 0.3) is 0 Å². The van der Waals surface area contributed by atoms with Crippen LogP contribution < -0.4 is 0 Å². The molecule has 0 aliphatic rings. The summed E-state index contributed by atoms with van der Waals surface area (Å²) in [4.78, 5) is 0. The Morgan fingerprint density at radius 3 is 2.00 bits per heavy atom. The molecule has 0 fully saturated rings. The maximum absolute atomic E-state index is 9.48. The third kappa shape index (κ3) is 2.73. The quantitative estimate of drug-likeness (QED) is 0.784. The van der Waals surface area contributed by atoms with E-state index in [1.54, 1.807) is 24.3 Å². The Morgan fingerprint density at radius 2 is 1.41 bits per heavy atom. The largest absolute Gasteiger partial charge is 0.505 e. The van der Waals surface area contributed by atoms with Crippen LogP contribution in [0.5, 0.6) is 11.5 Å². The molecule has 0 aromatic heterocycles. The van der Waals surface area contributed by atoms with E-state index < -0.39 is 0 Å². The molecular formula is C12H9ClN2O2. The number of benzene rings is 2. The van der Waals surface area contributed by atoms with Gasteiger partial charge in [-0.25, -0.2) is 0 Å². The van der Waals surface area contributed by atoms with Gasteiger partial charge in [0, 0.05) is 5.02 Å². The summed E-state index contributed by atoms with van der Waals surface area (Å²) in [6.07, 6.45) is 0. The zero-order valence-corrected chi connectivity index (χ0v) is 9.46. The summed E-state index contributed by atoms with van der Waals surface area (Å²) >= 11 is 5.73. The van der Waals surface area contributed by atoms with E-state index in [1.165, 1.54) is 18.2 Å². The number of azo groups is 1. The number of halogens is 1. The Morgan fingerprint density at radius 1 is 0.824 bits per heavy atom. The summed E-state index contributed by atoms with van der Waals surface area (Å²) in [6.45, 7) is 0. The van der Waals surface area contributed by atoms with Crippen LogP contribution in [-0.2, 0) is 0 Å². The lowest BCUT2D eigenvalue weighted by Crippen LogP contribution is -1.70. The van der Waals surface area contributed by atoms with E-state index in [4.69, 9.17) is 11.6 Å². The second-order valence-corrected chi connectivity index (χ2v) is 3.76. The lowest BCUT2D eigenvalue weighted by atomic mass is 10.3. The first-order valence-electron chi connectivity index (χ1n) is 4.85. The van der Waals surface area contributed by atoms with Gasteiger partial charge in [-0.1, -0.05) is 17.7 Å². The fourth-order valence-corrected chi connectivity index (χ4v) is 1.36. The van der Waals surface area contributed by atoms with E-state index in [1.807, 2.05) is 0 Å². The molecule has 0 bridgehead atoms. The summed E-state index contributed by atoms with van der Waals surface area (Å²) < 4.78 is 0. The van der Waals surface area contributed by atoms with E-state index in [2.05, 4.69) is 10.2 Å². The van der Waals surface area contributed by atoms with Crippen molar-refractivity contribution in [2.24, 2.45) is 10.2 Å². The number of phenolic OH excluding ortho intramolecular Hbond substituents is 2. The highest BCUT2D eigenvalue weighted by Crippen LogP contribution is 2.36. The van der Waals surface area contributed by atoms with E-state index in [0.717, 1.165) is 0 Å². The minimum atomic E-state index is -0.122. The van der Waals surface area contributed by atoms with Crippen molar-refractivity contribution in [2.45, 2.75) is 0 Å². The van der Waals surface area contributed by atoms with Crippen LogP contribution in [0, 0.1) is 0 Å². The average Bonchev–Trinajstić information content (AvgIpc) is 2.31. The van der Waals surface area contributed by atoms with Crippen LogP contribution >= 0.6 is 11.6 Å². The molecule has 0 saturated carbocycles. The van der Waals surface area contributed by atoms with Crippen molar-refractivity contribution in [2.75, 3.05) is 0 Å². The van der Waals surface area contributed by atoms with Gasteiger partial charge < -0.3 is 10.2 Å². The predicted molar refractivity (Wildman–Crippen MR) is 65.4 cm³/mol. The summed E-state index contributed by atoms with van der Waals surface area (Å²) in [5, 5.41) is 27.2. The average molecular weight is 249 g/mol. The normalized spacial score (nSPS) is 10.9. The van der Waals surface area contributed by atoms with E-state index >= 15 is 0 Å². The van der Waals surface area contributed by atoms with Crippen LogP contribution in [0.25, 0.3) is 0 Å². The van der Waals surface area contributed by atoms with Crippen molar-refractivity contribution in [3.05, 3.63) is 47.5 Å². The molecular weight excluding hydrogens is 240 g/mol. The van der Waals surface area contributed by atoms with Crippen molar-refractivity contribution < 1.29 is 10.2 Å². The van der Waals surface area contributed by atoms with Gasteiger partial charge in [-0.15, -0.1) is 5.11 Å². The van der Waals surface area contributed by atoms with Gasteiger partial charge in [0.1, 0.15) is 11.5 Å². The smallest absolute Gasteiger partial charge is 0.169 e. The second kappa shape index (κ2) is 4.84. The van der Waals surface area contributed by atoms with Gasteiger partial charge in [0.15, 0.2) is 5.69 Å². The topological polar surface area (TPSA) is 65.2 Å². The monoisotopic (exact) mass is 248 g/mol. The van der Waals surface area contributed by atoms with Crippen LogP contribution in [-0.4, -0.2) is 10.2 Å². The Kier molecular flexibility index (Phi) is 3.25. The summed E-state index contributed by atoms with van der Waals surface area (Å²) in [5.74, 6) is -0.245. The Hall–Kier alpha value is -2.07. The molecule has 0 spiro atoms. The Balaban J connectivity index is 2.29. The van der Waals surface area contributed by atoms with Gasteiger partial charge in [-0.3, -0.25) is 0 Å². The van der Waals surface area contributed by atoms with Crippen molar-refractivity contribution in [3.8, 4) is 11.5 Å². The molecule has 2 aromatic carbocycles. The van der Waals surface area contributed by atoms with Crippen molar-refractivity contribution in [3.63, 3.8) is 0 Å². The third-order valence-electron chi connectivity index (χ3n) is 2.09. The molecule has 4 nitrogen and oxygen atoms in total. The number of rotatable bonds is 2.